The van der Waals surface area contributed by atoms with E-state index in [1.165, 1.54) is 0 Å². The smallest absolute Gasteiger partial charge is 0.410 e. The number of carbonyl (C=O) groups excluding carboxylic acids is 3. The molecule has 3 saturated heterocycles. The van der Waals surface area contributed by atoms with Gasteiger partial charge in [0.05, 0.1) is 24.8 Å². The number of aliphatic imine (C=N–C) groups is 1. The molecule has 0 radical (unpaired) electrons. The van der Waals surface area contributed by atoms with Gasteiger partial charge in [0.25, 0.3) is 0 Å². The van der Waals surface area contributed by atoms with Crippen molar-refractivity contribution in [2.75, 3.05) is 27.2 Å². The zero-order valence-corrected chi connectivity index (χ0v) is 36.2. The first-order valence-electron chi connectivity index (χ1n) is 21.1. The van der Waals surface area contributed by atoms with Crippen molar-refractivity contribution in [3.63, 3.8) is 0 Å². The molecule has 1 N–H and O–H groups in total. The van der Waals surface area contributed by atoms with Gasteiger partial charge in [-0.3, -0.25) is 19.5 Å². The fourth-order valence-corrected chi connectivity index (χ4v) is 9.95. The van der Waals surface area contributed by atoms with Crippen LogP contribution < -0.4 is 4.74 Å². The number of ether oxygens (including phenoxy) is 5. The third-order valence-electron chi connectivity index (χ3n) is 13.0. The molecule has 3 fully saturated rings. The number of ketones is 1. The number of cyclic esters (lactones) is 1. The van der Waals surface area contributed by atoms with Gasteiger partial charge >= 0.3 is 12.1 Å². The van der Waals surface area contributed by atoms with E-state index in [-0.39, 0.29) is 36.2 Å². The first kappa shape index (κ1) is 44.2. The Morgan fingerprint density at radius 3 is 2.41 bits per heavy atom. The maximum atomic E-state index is 14.7. The van der Waals surface area contributed by atoms with Crippen LogP contribution in [0.1, 0.15) is 86.6 Å². The number of Topliss-reactive ketones (excluding diaryl/α,β-unsaturated/α-hetero) is 1. The number of hydrogen-bond donors (Lipinski definition) is 1. The topological polar surface area (TPSA) is 149 Å². The highest BCUT2D eigenvalue weighted by Gasteiger charge is 2.60. The van der Waals surface area contributed by atoms with Gasteiger partial charge in [0.1, 0.15) is 23.9 Å². The highest BCUT2D eigenvalue weighted by Crippen LogP contribution is 2.46. The number of likely N-dealkylation sites (N-methyl/N-ethyl adjacent to an activating group) is 1. The SMILES string of the molecule is CC[C@@H]1OC(=O)[C@H](C)C(=O)[C@H](C)[C@@H](OC2O[C@H](C)C[C@H](N(C)C)[C@H]2O)[C@@](C)(CC#Cc2ccc(Oc3ccccn3)cc2)C[C@@H](C)C2=NCCN3C(=O)O[C@@]1(C)[C@H]3[C@@H]2C. The molecule has 0 spiro atoms. The molecule has 6 rings (SSSR count). The van der Waals surface area contributed by atoms with E-state index in [1.807, 2.05) is 76.2 Å². The molecule has 0 aliphatic carbocycles. The van der Waals surface area contributed by atoms with Gasteiger partial charge in [-0.2, -0.15) is 0 Å². The summed E-state index contributed by atoms with van der Waals surface area (Å²) in [5, 5.41) is 11.7. The number of aliphatic hydroxyl groups excluding tert-OH is 1. The molecule has 320 valence electrons. The quantitative estimate of drug-likeness (QED) is 0.191. The normalized spacial score (nSPS) is 36.7. The Hall–Kier alpha value is -4.35. The van der Waals surface area contributed by atoms with E-state index in [0.717, 1.165) is 11.3 Å². The summed E-state index contributed by atoms with van der Waals surface area (Å²) < 4.78 is 31.5. The first-order valence-corrected chi connectivity index (χ1v) is 21.1. The Bertz CT molecular complexity index is 1910. The Morgan fingerprint density at radius 2 is 1.75 bits per heavy atom. The molecule has 13 nitrogen and oxygen atoms in total. The first-order chi connectivity index (χ1) is 28.0. The molecule has 4 aliphatic rings. The second kappa shape index (κ2) is 18.1. The Kier molecular flexibility index (Phi) is 13.6. The Morgan fingerprint density at radius 1 is 1.02 bits per heavy atom. The fraction of sp³-hybridized carbons (Fsp3) is 0.630. The van der Waals surface area contributed by atoms with Crippen LogP contribution in [0.15, 0.2) is 53.7 Å². The molecule has 4 aliphatic heterocycles. The summed E-state index contributed by atoms with van der Waals surface area (Å²) in [5.74, 6) is 4.33. The van der Waals surface area contributed by atoms with Crippen molar-refractivity contribution < 1.29 is 43.2 Å². The lowest BCUT2D eigenvalue weighted by atomic mass is 9.66. The van der Waals surface area contributed by atoms with Crippen molar-refractivity contribution in [2.45, 2.75) is 129 Å². The van der Waals surface area contributed by atoms with Gasteiger partial charge in [0, 0.05) is 59.8 Å². The molecule has 59 heavy (non-hydrogen) atoms. The molecule has 1 aromatic carbocycles. The lowest BCUT2D eigenvalue weighted by molar-refractivity contribution is -0.286. The maximum Gasteiger partial charge on any atom is 0.410 e. The van der Waals surface area contributed by atoms with Crippen LogP contribution in [0.4, 0.5) is 4.79 Å². The summed E-state index contributed by atoms with van der Waals surface area (Å²) in [7, 11) is 3.83. The zero-order chi connectivity index (χ0) is 42.8. The Balaban J connectivity index is 1.42. The summed E-state index contributed by atoms with van der Waals surface area (Å²) in [4.78, 5) is 55.2. The van der Waals surface area contributed by atoms with Gasteiger partial charge in [-0.1, -0.05) is 52.5 Å². The number of aliphatic hydroxyl groups is 1. The van der Waals surface area contributed by atoms with Crippen molar-refractivity contribution in [3.05, 3.63) is 54.2 Å². The number of aromatic nitrogens is 1. The van der Waals surface area contributed by atoms with Crippen LogP contribution in [0.3, 0.4) is 0 Å². The van der Waals surface area contributed by atoms with E-state index in [1.54, 1.807) is 31.0 Å². The van der Waals surface area contributed by atoms with Crippen LogP contribution >= 0.6 is 0 Å². The molecular weight excluding hydrogens is 753 g/mol. The number of rotatable bonds is 7. The number of benzene rings is 1. The molecule has 5 heterocycles. The number of carbonyl (C=O) groups is 3. The van der Waals surface area contributed by atoms with Crippen LogP contribution in [-0.2, 0) is 28.5 Å². The van der Waals surface area contributed by atoms with E-state index in [4.69, 9.17) is 28.7 Å². The summed E-state index contributed by atoms with van der Waals surface area (Å²) in [6, 6.07) is 12.2. The van der Waals surface area contributed by atoms with Crippen LogP contribution in [0, 0.1) is 40.9 Å². The van der Waals surface area contributed by atoms with E-state index >= 15 is 0 Å². The average molecular weight is 815 g/mol. The lowest BCUT2D eigenvalue weighted by Gasteiger charge is -2.47. The van der Waals surface area contributed by atoms with Crippen molar-refractivity contribution >= 4 is 23.6 Å². The van der Waals surface area contributed by atoms with Crippen LogP contribution in [-0.4, -0.2) is 119 Å². The van der Waals surface area contributed by atoms with Crippen LogP contribution in [0.25, 0.3) is 0 Å². The maximum absolute atomic E-state index is 14.7. The van der Waals surface area contributed by atoms with Crippen molar-refractivity contribution in [3.8, 4) is 23.5 Å². The van der Waals surface area contributed by atoms with Gasteiger partial charge in [-0.25, -0.2) is 9.78 Å². The number of fused-ring (bicyclic) bond motifs is 1. The van der Waals surface area contributed by atoms with Gasteiger partial charge in [0.15, 0.2) is 17.7 Å². The molecule has 1 unspecified atom stereocenters. The van der Waals surface area contributed by atoms with Gasteiger partial charge < -0.3 is 33.7 Å². The summed E-state index contributed by atoms with van der Waals surface area (Å²) in [6.45, 7) is 16.0. The molecular formula is C46H62N4O9. The molecule has 2 aromatic rings. The molecule has 1 amide bonds. The molecule has 2 bridgehead atoms. The highest BCUT2D eigenvalue weighted by atomic mass is 16.7. The van der Waals surface area contributed by atoms with Crippen molar-refractivity contribution in [2.24, 2.45) is 34.1 Å². The van der Waals surface area contributed by atoms with E-state index < -0.39 is 65.6 Å². The summed E-state index contributed by atoms with van der Waals surface area (Å²) >= 11 is 0. The van der Waals surface area contributed by atoms with E-state index in [2.05, 4.69) is 37.6 Å². The summed E-state index contributed by atoms with van der Waals surface area (Å²) in [6.07, 6.45) is -1.04. The van der Waals surface area contributed by atoms with E-state index in [0.29, 0.717) is 44.0 Å². The standard InChI is InChI=1S/C46H62N4O9/c1-11-35-46(8)40-29(4)37(48-23-24-50(40)44(54)59-46)27(2)26-45(7,21-14-15-32-17-19-33(20-18-32)56-36-16-12-13-22-47-36)41(30(5)38(51)31(6)42(53)57-35)58-43-39(52)34(49(9)10)25-28(3)55-43/h12-13,16-20,22,27-31,34-35,39-41,43,52H,11,21,23-26H2,1-10H3/t27-,28-,29-,30+,31-,34+,35+,39-,40-,41-,43?,45+,46-/m1/s1. The fourth-order valence-electron chi connectivity index (χ4n) is 9.95. The Labute approximate surface area is 349 Å². The van der Waals surface area contributed by atoms with Crippen LogP contribution in [0.5, 0.6) is 11.6 Å². The zero-order valence-electron chi connectivity index (χ0n) is 36.2. The predicted molar refractivity (Wildman–Crippen MR) is 222 cm³/mol. The monoisotopic (exact) mass is 814 g/mol. The van der Waals surface area contributed by atoms with Crippen LogP contribution in [0.2, 0.25) is 0 Å². The van der Waals surface area contributed by atoms with Gasteiger partial charge in [0.2, 0.25) is 5.88 Å². The van der Waals surface area contributed by atoms with Gasteiger partial charge in [-0.15, -0.1) is 0 Å². The minimum absolute atomic E-state index is 0.165. The summed E-state index contributed by atoms with van der Waals surface area (Å²) in [5.41, 5.74) is -0.374. The number of esters is 1. The van der Waals surface area contributed by atoms with Crippen molar-refractivity contribution in [1.82, 2.24) is 14.8 Å². The number of amides is 1. The van der Waals surface area contributed by atoms with Crippen molar-refractivity contribution in [1.29, 1.82) is 0 Å². The average Bonchev–Trinajstić information content (AvgIpc) is 3.32. The number of hydrogen-bond acceptors (Lipinski definition) is 12. The highest BCUT2D eigenvalue weighted by molar-refractivity contribution is 6.00. The van der Waals surface area contributed by atoms with E-state index in [9.17, 15) is 19.5 Å². The molecule has 13 atom stereocenters. The third kappa shape index (κ3) is 9.21. The van der Waals surface area contributed by atoms with Gasteiger partial charge in [-0.05, 0) is 90.4 Å². The minimum Gasteiger partial charge on any atom is -0.458 e. The second-order valence-electron chi connectivity index (χ2n) is 17.7. The number of nitrogens with zero attached hydrogens (tertiary/aromatic N) is 4. The predicted octanol–water partition coefficient (Wildman–Crippen LogP) is 6.31. The number of pyridine rings is 1. The third-order valence-corrected chi connectivity index (χ3v) is 13.0. The molecule has 1 aromatic heterocycles. The molecule has 0 saturated carbocycles. The second-order valence-corrected chi connectivity index (χ2v) is 17.7. The lowest BCUT2D eigenvalue weighted by Crippen LogP contribution is -2.58. The minimum atomic E-state index is -1.18. The molecule has 13 heteroatoms. The largest absolute Gasteiger partial charge is 0.458 e.